The monoisotopic (exact) mass is 124 g/mol. The molecule has 0 aliphatic rings. The van der Waals surface area contributed by atoms with E-state index >= 15 is 0 Å². The van der Waals surface area contributed by atoms with Crippen molar-refractivity contribution in [2.45, 2.75) is 6.42 Å². The summed E-state index contributed by atoms with van der Waals surface area (Å²) in [5.41, 5.74) is 0. The maximum absolute atomic E-state index is 5.08. The van der Waals surface area contributed by atoms with Gasteiger partial charge in [0.25, 0.3) is 0 Å². The fourth-order valence-corrected chi connectivity index (χ4v) is 0.677. The number of rotatable bonds is 3. The highest BCUT2D eigenvalue weighted by atomic mass is 16.3. The molecule has 2 heteroatoms. The van der Waals surface area contributed by atoms with E-state index in [9.17, 15) is 0 Å². The molecule has 0 spiro atoms. The lowest BCUT2D eigenvalue weighted by molar-refractivity contribution is 0.503. The third kappa shape index (κ3) is 1.90. The highest BCUT2D eigenvalue weighted by molar-refractivity contribution is 4.98. The van der Waals surface area contributed by atoms with Crippen molar-refractivity contribution in [1.29, 1.82) is 0 Å². The zero-order chi connectivity index (χ0) is 6.53. The Hall–Kier alpha value is -0.760. The second kappa shape index (κ2) is 3.30. The summed E-state index contributed by atoms with van der Waals surface area (Å²) in [5.74, 6) is 1.01. The van der Waals surface area contributed by atoms with E-state index in [1.54, 1.807) is 6.26 Å². The molecule has 9 heavy (non-hydrogen) atoms. The van der Waals surface area contributed by atoms with Gasteiger partial charge in [0.05, 0.1) is 6.26 Å². The van der Waals surface area contributed by atoms with E-state index < -0.39 is 0 Å². The van der Waals surface area contributed by atoms with Crippen LogP contribution in [0.5, 0.6) is 0 Å². The lowest BCUT2D eigenvalue weighted by Crippen LogP contribution is -2.01. The van der Waals surface area contributed by atoms with Crippen molar-refractivity contribution >= 4 is 0 Å². The molecule has 0 amide bonds. The summed E-state index contributed by atoms with van der Waals surface area (Å²) in [6, 6.07) is 3.86. The van der Waals surface area contributed by atoms with Crippen molar-refractivity contribution in [1.82, 2.24) is 5.32 Å². The van der Waals surface area contributed by atoms with Crippen LogP contribution in [0.25, 0.3) is 0 Å². The van der Waals surface area contributed by atoms with Crippen LogP contribution >= 0.6 is 0 Å². The minimum atomic E-state index is 0.855. The summed E-state index contributed by atoms with van der Waals surface area (Å²) in [7, 11) is 1.81. The third-order valence-electron chi connectivity index (χ3n) is 1.16. The first-order valence-corrected chi connectivity index (χ1v) is 3.01. The Bertz CT molecular complexity index is 146. The number of hydrogen-bond donors (Lipinski definition) is 0. The van der Waals surface area contributed by atoms with Gasteiger partial charge < -0.3 is 4.42 Å². The lowest BCUT2D eigenvalue weighted by atomic mass is 10.3. The standard InChI is InChI=1S/C7H10NO/c1-8-5-4-7-3-2-6-9-7/h2-3,6H,4-5H2,1H3. The van der Waals surface area contributed by atoms with Crippen LogP contribution in [0.1, 0.15) is 5.76 Å². The second-order valence-corrected chi connectivity index (χ2v) is 1.87. The van der Waals surface area contributed by atoms with Crippen LogP contribution in [-0.4, -0.2) is 13.6 Å². The SMILES string of the molecule is C[N]CCc1ccco1. The second-order valence-electron chi connectivity index (χ2n) is 1.87. The van der Waals surface area contributed by atoms with Crippen molar-refractivity contribution in [2.75, 3.05) is 13.6 Å². The van der Waals surface area contributed by atoms with E-state index in [0.717, 1.165) is 18.7 Å². The Labute approximate surface area is 54.9 Å². The summed E-state index contributed by atoms with van der Waals surface area (Å²) in [6.07, 6.45) is 2.61. The van der Waals surface area contributed by atoms with Crippen LogP contribution in [-0.2, 0) is 6.42 Å². The van der Waals surface area contributed by atoms with Crippen LogP contribution < -0.4 is 5.32 Å². The van der Waals surface area contributed by atoms with Crippen LogP contribution in [0.2, 0.25) is 0 Å². The molecule has 0 saturated heterocycles. The molecule has 1 rings (SSSR count). The Balaban J connectivity index is 2.30. The molecule has 0 N–H and O–H groups in total. The number of nitrogens with zero attached hydrogens (tertiary/aromatic N) is 1. The Kier molecular flexibility index (Phi) is 2.33. The number of furan rings is 1. The van der Waals surface area contributed by atoms with Crippen LogP contribution in [0, 0.1) is 0 Å². The summed E-state index contributed by atoms with van der Waals surface area (Å²) in [6.45, 7) is 0.855. The molecule has 1 heterocycles. The Morgan fingerprint density at radius 1 is 1.67 bits per heavy atom. The molecule has 0 aromatic carbocycles. The molecular weight excluding hydrogens is 114 g/mol. The lowest BCUT2D eigenvalue weighted by Gasteiger charge is -1.90. The normalized spacial score (nSPS) is 9.89. The predicted octanol–water partition coefficient (Wildman–Crippen LogP) is 1.06. The van der Waals surface area contributed by atoms with Crippen molar-refractivity contribution < 1.29 is 4.42 Å². The van der Waals surface area contributed by atoms with E-state index in [1.807, 2.05) is 19.2 Å². The first kappa shape index (κ1) is 6.36. The molecule has 1 aromatic rings. The van der Waals surface area contributed by atoms with Crippen LogP contribution in [0.15, 0.2) is 22.8 Å². The third-order valence-corrected chi connectivity index (χ3v) is 1.16. The van der Waals surface area contributed by atoms with Gasteiger partial charge in [0.1, 0.15) is 5.76 Å². The van der Waals surface area contributed by atoms with E-state index in [1.165, 1.54) is 0 Å². The number of hydrogen-bond acceptors (Lipinski definition) is 1. The average Bonchev–Trinajstić information content (AvgIpc) is 2.34. The van der Waals surface area contributed by atoms with Crippen LogP contribution in [0.3, 0.4) is 0 Å². The fourth-order valence-electron chi connectivity index (χ4n) is 0.677. The van der Waals surface area contributed by atoms with E-state index in [4.69, 9.17) is 4.42 Å². The van der Waals surface area contributed by atoms with E-state index in [2.05, 4.69) is 5.32 Å². The van der Waals surface area contributed by atoms with Gasteiger partial charge in [-0.2, -0.15) is 0 Å². The van der Waals surface area contributed by atoms with Crippen molar-refractivity contribution in [3.8, 4) is 0 Å². The van der Waals surface area contributed by atoms with Gasteiger partial charge in [-0.25, -0.2) is 5.32 Å². The van der Waals surface area contributed by atoms with Gasteiger partial charge in [-0.1, -0.05) is 0 Å². The van der Waals surface area contributed by atoms with Gasteiger partial charge in [-0.15, -0.1) is 0 Å². The average molecular weight is 124 g/mol. The summed E-state index contributed by atoms with van der Waals surface area (Å²) < 4.78 is 5.08. The molecule has 0 fully saturated rings. The maximum Gasteiger partial charge on any atom is 0.105 e. The highest BCUT2D eigenvalue weighted by Crippen LogP contribution is 1.98. The minimum Gasteiger partial charge on any atom is -0.469 e. The molecule has 1 aromatic heterocycles. The van der Waals surface area contributed by atoms with Crippen molar-refractivity contribution in [3.05, 3.63) is 24.2 Å². The summed E-state index contributed by atoms with van der Waals surface area (Å²) in [4.78, 5) is 0. The van der Waals surface area contributed by atoms with Gasteiger partial charge in [0.15, 0.2) is 0 Å². The smallest absolute Gasteiger partial charge is 0.105 e. The van der Waals surface area contributed by atoms with Crippen molar-refractivity contribution in [3.63, 3.8) is 0 Å². The molecule has 1 radical (unpaired) electrons. The predicted molar refractivity (Wildman–Crippen MR) is 35.3 cm³/mol. The first-order valence-electron chi connectivity index (χ1n) is 3.01. The molecule has 0 aliphatic carbocycles. The van der Waals surface area contributed by atoms with Crippen molar-refractivity contribution in [2.24, 2.45) is 0 Å². The minimum absolute atomic E-state index is 0.855. The van der Waals surface area contributed by atoms with Gasteiger partial charge in [0.2, 0.25) is 0 Å². The molecule has 2 nitrogen and oxygen atoms in total. The molecule has 0 aliphatic heterocycles. The number of likely N-dealkylation sites (N-methyl/N-ethyl adjacent to an activating group) is 1. The maximum atomic E-state index is 5.08. The quantitative estimate of drug-likeness (QED) is 0.591. The zero-order valence-electron chi connectivity index (χ0n) is 5.50. The Morgan fingerprint density at radius 2 is 2.56 bits per heavy atom. The molecule has 49 valence electrons. The summed E-state index contributed by atoms with van der Waals surface area (Å²) >= 11 is 0. The highest BCUT2D eigenvalue weighted by Gasteiger charge is 1.91. The summed E-state index contributed by atoms with van der Waals surface area (Å²) in [5, 5.41) is 3.95. The van der Waals surface area contributed by atoms with Gasteiger partial charge in [0, 0.05) is 20.0 Å². The first-order chi connectivity index (χ1) is 4.43. The zero-order valence-corrected chi connectivity index (χ0v) is 5.50. The molecule has 0 saturated carbocycles. The van der Waals surface area contributed by atoms with Gasteiger partial charge >= 0.3 is 0 Å². The van der Waals surface area contributed by atoms with E-state index in [0.29, 0.717) is 0 Å². The molecular formula is C7H10NO. The Morgan fingerprint density at radius 3 is 3.11 bits per heavy atom. The molecule has 0 unspecified atom stereocenters. The topological polar surface area (TPSA) is 27.2 Å². The largest absolute Gasteiger partial charge is 0.469 e. The fraction of sp³-hybridized carbons (Fsp3) is 0.429. The van der Waals surface area contributed by atoms with Crippen LogP contribution in [0.4, 0.5) is 0 Å². The molecule has 0 atom stereocenters. The molecule has 0 bridgehead atoms. The van der Waals surface area contributed by atoms with E-state index in [-0.39, 0.29) is 0 Å². The van der Waals surface area contributed by atoms with Gasteiger partial charge in [-0.3, -0.25) is 0 Å². The van der Waals surface area contributed by atoms with Gasteiger partial charge in [-0.05, 0) is 12.1 Å².